The Balaban J connectivity index is 1.81. The fraction of sp³-hybridized carbons (Fsp3) is 0.190. The number of carbonyl (C=O) groups excluding carboxylic acids is 2. The van der Waals surface area contributed by atoms with Crippen LogP contribution in [0.2, 0.25) is 10.0 Å². The van der Waals surface area contributed by atoms with Gasteiger partial charge in [0.05, 0.1) is 13.7 Å². The standard InChI is InChI=1S/C21H18Cl2N2O6/c1-11(20(27)28)31-17-6-3-12(8-18(17)30-2)7-16-19(26)25(21(29)24-16)10-13-4-5-14(22)9-15(13)23/h3-9,11H,10H2,1-2H3,(H,24,29)(H,27,28)/b16-7-/t11-/m1/s1. The van der Waals surface area contributed by atoms with E-state index in [4.69, 9.17) is 37.8 Å². The minimum atomic E-state index is -1.12. The Bertz CT molecular complexity index is 1090. The van der Waals surface area contributed by atoms with Gasteiger partial charge in [0.25, 0.3) is 5.91 Å². The van der Waals surface area contributed by atoms with E-state index < -0.39 is 24.0 Å². The van der Waals surface area contributed by atoms with Gasteiger partial charge in [-0.05, 0) is 48.4 Å². The molecule has 1 heterocycles. The average Bonchev–Trinajstić information content (AvgIpc) is 2.98. The molecule has 1 atom stereocenters. The van der Waals surface area contributed by atoms with Gasteiger partial charge in [0.15, 0.2) is 17.6 Å². The zero-order valence-corrected chi connectivity index (χ0v) is 18.0. The number of rotatable bonds is 7. The molecular formula is C21H18Cl2N2O6. The lowest BCUT2D eigenvalue weighted by Crippen LogP contribution is -2.30. The second-order valence-corrected chi connectivity index (χ2v) is 7.47. The fourth-order valence-corrected chi connectivity index (χ4v) is 3.28. The molecule has 0 aromatic heterocycles. The van der Waals surface area contributed by atoms with Crippen molar-refractivity contribution in [1.82, 2.24) is 10.2 Å². The topological polar surface area (TPSA) is 105 Å². The van der Waals surface area contributed by atoms with Crippen LogP contribution in [-0.2, 0) is 16.1 Å². The van der Waals surface area contributed by atoms with Crippen molar-refractivity contribution in [2.45, 2.75) is 19.6 Å². The minimum Gasteiger partial charge on any atom is -0.493 e. The lowest BCUT2D eigenvalue weighted by molar-refractivity contribution is -0.144. The molecule has 0 spiro atoms. The normalized spacial score (nSPS) is 15.7. The van der Waals surface area contributed by atoms with Crippen LogP contribution in [0.25, 0.3) is 6.08 Å². The smallest absolute Gasteiger partial charge is 0.344 e. The number of carboxylic acids is 1. The summed E-state index contributed by atoms with van der Waals surface area (Å²) in [5.74, 6) is -1.12. The Morgan fingerprint density at radius 2 is 1.94 bits per heavy atom. The van der Waals surface area contributed by atoms with Crippen molar-refractivity contribution in [2.75, 3.05) is 7.11 Å². The van der Waals surface area contributed by atoms with E-state index in [2.05, 4.69) is 5.32 Å². The molecule has 3 rings (SSSR count). The molecule has 1 aliphatic rings. The average molecular weight is 465 g/mol. The molecule has 2 aromatic rings. The summed E-state index contributed by atoms with van der Waals surface area (Å²) in [6, 6.07) is 8.93. The van der Waals surface area contributed by atoms with E-state index in [0.29, 0.717) is 21.2 Å². The summed E-state index contributed by atoms with van der Waals surface area (Å²) >= 11 is 12.0. The van der Waals surface area contributed by atoms with Gasteiger partial charge in [0.1, 0.15) is 5.70 Å². The van der Waals surface area contributed by atoms with Crippen molar-refractivity contribution in [2.24, 2.45) is 0 Å². The van der Waals surface area contributed by atoms with Crippen molar-refractivity contribution >= 4 is 47.2 Å². The Kier molecular flexibility index (Phi) is 6.72. The van der Waals surface area contributed by atoms with E-state index in [1.54, 1.807) is 24.3 Å². The highest BCUT2D eigenvalue weighted by molar-refractivity contribution is 6.35. The molecule has 1 aliphatic heterocycles. The molecule has 8 nitrogen and oxygen atoms in total. The number of imide groups is 1. The highest BCUT2D eigenvalue weighted by Crippen LogP contribution is 2.30. The monoisotopic (exact) mass is 464 g/mol. The van der Waals surface area contributed by atoms with Gasteiger partial charge in [-0.25, -0.2) is 9.59 Å². The van der Waals surface area contributed by atoms with Gasteiger partial charge in [0.2, 0.25) is 0 Å². The second-order valence-electron chi connectivity index (χ2n) is 6.62. The third-order valence-corrected chi connectivity index (χ3v) is 5.04. The summed E-state index contributed by atoms with van der Waals surface area (Å²) in [7, 11) is 1.41. The maximum Gasteiger partial charge on any atom is 0.344 e. The lowest BCUT2D eigenvalue weighted by Gasteiger charge is -2.14. The first-order chi connectivity index (χ1) is 14.7. The van der Waals surface area contributed by atoms with Gasteiger partial charge in [-0.15, -0.1) is 0 Å². The van der Waals surface area contributed by atoms with E-state index in [1.807, 2.05) is 0 Å². The Morgan fingerprint density at radius 3 is 2.58 bits per heavy atom. The molecule has 0 radical (unpaired) electrons. The molecule has 0 unspecified atom stereocenters. The van der Waals surface area contributed by atoms with Crippen LogP contribution in [0.15, 0.2) is 42.1 Å². The molecule has 1 saturated heterocycles. The predicted octanol–water partition coefficient (Wildman–Crippen LogP) is 3.95. The number of methoxy groups -OCH3 is 1. The van der Waals surface area contributed by atoms with Gasteiger partial charge in [-0.1, -0.05) is 35.3 Å². The van der Waals surface area contributed by atoms with Crippen LogP contribution in [0.5, 0.6) is 11.5 Å². The summed E-state index contributed by atoms with van der Waals surface area (Å²) in [5.41, 5.74) is 1.19. The van der Waals surface area contributed by atoms with Crippen molar-refractivity contribution in [1.29, 1.82) is 0 Å². The summed E-state index contributed by atoms with van der Waals surface area (Å²) in [6.07, 6.45) is 0.415. The number of ether oxygens (including phenoxy) is 2. The summed E-state index contributed by atoms with van der Waals surface area (Å²) in [6.45, 7) is 1.38. The van der Waals surface area contributed by atoms with Crippen molar-refractivity contribution in [3.63, 3.8) is 0 Å². The Labute approximate surface area is 187 Å². The number of aliphatic carboxylic acids is 1. The maximum absolute atomic E-state index is 12.7. The van der Waals surface area contributed by atoms with Gasteiger partial charge < -0.3 is 19.9 Å². The van der Waals surface area contributed by atoms with Crippen LogP contribution >= 0.6 is 23.2 Å². The highest BCUT2D eigenvalue weighted by atomic mass is 35.5. The van der Waals surface area contributed by atoms with E-state index in [0.717, 1.165) is 4.90 Å². The number of urea groups is 1. The van der Waals surface area contributed by atoms with Gasteiger partial charge in [-0.2, -0.15) is 0 Å². The number of carbonyl (C=O) groups is 3. The van der Waals surface area contributed by atoms with E-state index in [9.17, 15) is 14.4 Å². The number of carboxylic acid groups (broad SMARTS) is 1. The van der Waals surface area contributed by atoms with E-state index >= 15 is 0 Å². The van der Waals surface area contributed by atoms with Crippen LogP contribution in [0.3, 0.4) is 0 Å². The number of hydrogen-bond acceptors (Lipinski definition) is 5. The first-order valence-corrected chi connectivity index (χ1v) is 9.81. The second kappa shape index (κ2) is 9.28. The minimum absolute atomic E-state index is 0.0127. The predicted molar refractivity (Wildman–Crippen MR) is 114 cm³/mol. The fourth-order valence-electron chi connectivity index (χ4n) is 2.81. The first kappa shape index (κ1) is 22.5. The van der Waals surface area contributed by atoms with Crippen LogP contribution < -0.4 is 14.8 Å². The number of halogens is 2. The Hall–Kier alpha value is -3.23. The van der Waals surface area contributed by atoms with Crippen LogP contribution in [0.4, 0.5) is 4.79 Å². The molecule has 10 heteroatoms. The molecule has 2 N–H and O–H groups in total. The molecular weight excluding hydrogens is 447 g/mol. The largest absolute Gasteiger partial charge is 0.493 e. The third kappa shape index (κ3) is 5.10. The van der Waals surface area contributed by atoms with E-state index in [1.165, 1.54) is 32.2 Å². The molecule has 162 valence electrons. The number of nitrogens with one attached hydrogen (secondary N) is 1. The van der Waals surface area contributed by atoms with Gasteiger partial charge >= 0.3 is 12.0 Å². The molecule has 0 bridgehead atoms. The number of nitrogens with zero attached hydrogens (tertiary/aromatic N) is 1. The number of benzene rings is 2. The van der Waals surface area contributed by atoms with Crippen LogP contribution in [0, 0.1) is 0 Å². The third-order valence-electron chi connectivity index (χ3n) is 4.46. The van der Waals surface area contributed by atoms with Gasteiger partial charge in [-0.3, -0.25) is 9.69 Å². The lowest BCUT2D eigenvalue weighted by atomic mass is 10.1. The van der Waals surface area contributed by atoms with Gasteiger partial charge in [0, 0.05) is 10.0 Å². The molecule has 1 fully saturated rings. The zero-order chi connectivity index (χ0) is 22.7. The van der Waals surface area contributed by atoms with Crippen molar-refractivity contribution in [3.05, 3.63) is 63.3 Å². The van der Waals surface area contributed by atoms with E-state index in [-0.39, 0.29) is 23.7 Å². The SMILES string of the molecule is COc1cc(/C=C2\NC(=O)N(Cc3ccc(Cl)cc3Cl)C2=O)ccc1O[C@H](C)C(=O)O. The quantitative estimate of drug-likeness (QED) is 0.474. The Morgan fingerprint density at radius 1 is 1.19 bits per heavy atom. The molecule has 31 heavy (non-hydrogen) atoms. The molecule has 2 aromatic carbocycles. The summed E-state index contributed by atoms with van der Waals surface area (Å²) < 4.78 is 10.6. The number of hydrogen-bond donors (Lipinski definition) is 2. The maximum atomic E-state index is 12.7. The summed E-state index contributed by atoms with van der Waals surface area (Å²) in [5, 5.41) is 12.3. The molecule has 3 amide bonds. The van der Waals surface area contributed by atoms with Crippen molar-refractivity contribution in [3.8, 4) is 11.5 Å². The van der Waals surface area contributed by atoms with Crippen LogP contribution in [-0.4, -0.2) is 41.1 Å². The zero-order valence-electron chi connectivity index (χ0n) is 16.5. The van der Waals surface area contributed by atoms with Crippen LogP contribution in [0.1, 0.15) is 18.1 Å². The molecule has 0 saturated carbocycles. The summed E-state index contributed by atoms with van der Waals surface area (Å²) in [4.78, 5) is 37.1. The van der Waals surface area contributed by atoms with Crippen molar-refractivity contribution < 1.29 is 29.0 Å². The first-order valence-electron chi connectivity index (χ1n) is 9.05. The number of amides is 3. The highest BCUT2D eigenvalue weighted by Gasteiger charge is 2.34. The molecule has 0 aliphatic carbocycles.